The average molecular weight is 292 g/mol. The van der Waals surface area contributed by atoms with Crippen LogP contribution in [0.25, 0.3) is 22.3 Å². The molecule has 0 aliphatic carbocycles. The minimum atomic E-state index is -0.635. The van der Waals surface area contributed by atoms with Crippen LogP contribution < -0.4 is 5.73 Å². The van der Waals surface area contributed by atoms with Gasteiger partial charge in [0.2, 0.25) is 0 Å². The van der Waals surface area contributed by atoms with Crippen molar-refractivity contribution in [1.29, 1.82) is 0 Å². The summed E-state index contributed by atoms with van der Waals surface area (Å²) in [6.07, 6.45) is 0. The summed E-state index contributed by atoms with van der Waals surface area (Å²) in [5, 5.41) is 0.474. The Morgan fingerprint density at radius 3 is 2.65 bits per heavy atom. The second-order valence-electron chi connectivity index (χ2n) is 4.20. The fourth-order valence-corrected chi connectivity index (χ4v) is 2.10. The Morgan fingerprint density at radius 1 is 1.05 bits per heavy atom. The molecular formula is C14H8ClF2N3. The number of aromatic nitrogens is 2. The average Bonchev–Trinajstić information content (AvgIpc) is 2.41. The normalized spacial score (nSPS) is 10.9. The van der Waals surface area contributed by atoms with Crippen molar-refractivity contribution in [1.82, 2.24) is 9.97 Å². The third-order valence-corrected chi connectivity index (χ3v) is 3.17. The lowest BCUT2D eigenvalue weighted by molar-refractivity contribution is 0.629. The van der Waals surface area contributed by atoms with Crippen LogP contribution in [0.15, 0.2) is 36.4 Å². The van der Waals surface area contributed by atoms with Crippen LogP contribution in [0.5, 0.6) is 0 Å². The molecule has 0 atom stereocenters. The molecule has 0 unspecified atom stereocenters. The van der Waals surface area contributed by atoms with Gasteiger partial charge in [-0.15, -0.1) is 0 Å². The van der Waals surface area contributed by atoms with Crippen LogP contribution in [0, 0.1) is 11.6 Å². The molecule has 3 aromatic rings. The molecule has 0 saturated carbocycles. The highest BCUT2D eigenvalue weighted by Crippen LogP contribution is 2.28. The van der Waals surface area contributed by atoms with Gasteiger partial charge in [-0.05, 0) is 24.3 Å². The van der Waals surface area contributed by atoms with Gasteiger partial charge in [-0.1, -0.05) is 17.7 Å². The SMILES string of the molecule is Nc1nc(-c2cccc(Cl)c2F)nc2cc(F)ccc12. The van der Waals surface area contributed by atoms with E-state index in [0.29, 0.717) is 10.9 Å². The van der Waals surface area contributed by atoms with Gasteiger partial charge in [-0.25, -0.2) is 18.7 Å². The number of anilines is 1. The lowest BCUT2D eigenvalue weighted by Crippen LogP contribution is -1.99. The first kappa shape index (κ1) is 12.7. The fraction of sp³-hybridized carbons (Fsp3) is 0. The zero-order chi connectivity index (χ0) is 14.3. The summed E-state index contributed by atoms with van der Waals surface area (Å²) in [5.74, 6) is -0.859. The molecule has 1 aromatic heterocycles. The number of nitrogen functional groups attached to an aromatic ring is 1. The van der Waals surface area contributed by atoms with Crippen molar-refractivity contribution in [3.05, 3.63) is 53.1 Å². The maximum absolute atomic E-state index is 14.0. The van der Waals surface area contributed by atoms with Gasteiger partial charge in [0, 0.05) is 11.5 Å². The van der Waals surface area contributed by atoms with Crippen molar-refractivity contribution < 1.29 is 8.78 Å². The molecule has 1 heterocycles. The van der Waals surface area contributed by atoms with Gasteiger partial charge in [-0.2, -0.15) is 0 Å². The molecule has 2 N–H and O–H groups in total. The smallest absolute Gasteiger partial charge is 0.165 e. The van der Waals surface area contributed by atoms with Crippen molar-refractivity contribution in [2.24, 2.45) is 0 Å². The predicted octanol–water partition coefficient (Wildman–Crippen LogP) is 3.81. The summed E-state index contributed by atoms with van der Waals surface area (Å²) in [7, 11) is 0. The molecule has 100 valence electrons. The number of hydrogen-bond acceptors (Lipinski definition) is 3. The third kappa shape index (κ3) is 2.06. The minimum Gasteiger partial charge on any atom is -0.383 e. The number of hydrogen-bond donors (Lipinski definition) is 1. The van der Waals surface area contributed by atoms with Gasteiger partial charge in [0.05, 0.1) is 16.1 Å². The van der Waals surface area contributed by atoms with Gasteiger partial charge in [0.1, 0.15) is 11.6 Å². The van der Waals surface area contributed by atoms with Crippen molar-refractivity contribution in [3.8, 4) is 11.4 Å². The zero-order valence-corrected chi connectivity index (χ0v) is 10.8. The monoisotopic (exact) mass is 291 g/mol. The number of nitrogens with zero attached hydrogens (tertiary/aromatic N) is 2. The Kier molecular flexibility index (Phi) is 2.99. The van der Waals surface area contributed by atoms with E-state index in [0.717, 1.165) is 0 Å². The Balaban J connectivity index is 2.29. The summed E-state index contributed by atoms with van der Waals surface area (Å²) in [6, 6.07) is 8.46. The Bertz CT molecular complexity index is 821. The molecule has 2 aromatic carbocycles. The van der Waals surface area contributed by atoms with E-state index in [4.69, 9.17) is 17.3 Å². The zero-order valence-electron chi connectivity index (χ0n) is 10.1. The van der Waals surface area contributed by atoms with Crippen LogP contribution in [0.4, 0.5) is 14.6 Å². The highest BCUT2D eigenvalue weighted by atomic mass is 35.5. The number of rotatable bonds is 1. The standard InChI is InChI=1S/C14H8ClF2N3/c15-10-3-1-2-9(12(10)17)14-19-11-6-7(16)4-5-8(11)13(18)20-14/h1-6H,(H2,18,19,20). The number of fused-ring (bicyclic) bond motifs is 1. The van der Waals surface area contributed by atoms with E-state index in [2.05, 4.69) is 9.97 Å². The summed E-state index contributed by atoms with van der Waals surface area (Å²) >= 11 is 5.73. The second kappa shape index (κ2) is 4.68. The van der Waals surface area contributed by atoms with E-state index in [1.54, 1.807) is 6.07 Å². The molecule has 6 heteroatoms. The molecule has 0 fully saturated rings. The number of nitrogens with two attached hydrogens (primary N) is 1. The van der Waals surface area contributed by atoms with Crippen LogP contribution in [0.2, 0.25) is 5.02 Å². The molecule has 3 nitrogen and oxygen atoms in total. The lowest BCUT2D eigenvalue weighted by atomic mass is 10.1. The van der Waals surface area contributed by atoms with E-state index in [-0.39, 0.29) is 22.2 Å². The van der Waals surface area contributed by atoms with Crippen molar-refractivity contribution in [2.75, 3.05) is 5.73 Å². The van der Waals surface area contributed by atoms with Gasteiger partial charge in [0.15, 0.2) is 11.6 Å². The fourth-order valence-electron chi connectivity index (χ4n) is 1.92. The molecule has 0 aliphatic heterocycles. The molecule has 20 heavy (non-hydrogen) atoms. The van der Waals surface area contributed by atoms with E-state index >= 15 is 0 Å². The van der Waals surface area contributed by atoms with Crippen molar-refractivity contribution in [3.63, 3.8) is 0 Å². The summed E-state index contributed by atoms with van der Waals surface area (Å²) in [5.41, 5.74) is 6.24. The molecule has 0 saturated heterocycles. The Labute approximate surface area is 118 Å². The topological polar surface area (TPSA) is 51.8 Å². The first-order valence-corrected chi connectivity index (χ1v) is 6.11. The maximum Gasteiger partial charge on any atom is 0.165 e. The van der Waals surface area contributed by atoms with Crippen LogP contribution in [-0.4, -0.2) is 9.97 Å². The predicted molar refractivity (Wildman–Crippen MR) is 74.3 cm³/mol. The van der Waals surface area contributed by atoms with Crippen molar-refractivity contribution >= 4 is 28.3 Å². The lowest BCUT2D eigenvalue weighted by Gasteiger charge is -2.07. The first-order valence-electron chi connectivity index (χ1n) is 5.73. The molecule has 0 radical (unpaired) electrons. The maximum atomic E-state index is 14.0. The molecular weight excluding hydrogens is 284 g/mol. The van der Waals surface area contributed by atoms with Crippen LogP contribution >= 0.6 is 11.6 Å². The van der Waals surface area contributed by atoms with E-state index in [1.165, 1.54) is 30.3 Å². The largest absolute Gasteiger partial charge is 0.383 e. The Morgan fingerprint density at radius 2 is 1.85 bits per heavy atom. The van der Waals surface area contributed by atoms with Gasteiger partial charge in [0.25, 0.3) is 0 Å². The highest BCUT2D eigenvalue weighted by molar-refractivity contribution is 6.31. The highest BCUT2D eigenvalue weighted by Gasteiger charge is 2.13. The number of benzene rings is 2. The van der Waals surface area contributed by atoms with Crippen molar-refractivity contribution in [2.45, 2.75) is 0 Å². The summed E-state index contributed by atoms with van der Waals surface area (Å²) in [6.45, 7) is 0. The van der Waals surface area contributed by atoms with Gasteiger partial charge < -0.3 is 5.73 Å². The molecule has 0 aliphatic rings. The summed E-state index contributed by atoms with van der Waals surface area (Å²) in [4.78, 5) is 8.19. The van der Waals surface area contributed by atoms with Gasteiger partial charge in [-0.3, -0.25) is 0 Å². The summed E-state index contributed by atoms with van der Waals surface area (Å²) < 4.78 is 27.2. The molecule has 0 amide bonds. The second-order valence-corrected chi connectivity index (χ2v) is 4.60. The van der Waals surface area contributed by atoms with Gasteiger partial charge >= 0.3 is 0 Å². The quantitative estimate of drug-likeness (QED) is 0.742. The molecule has 3 rings (SSSR count). The van der Waals surface area contributed by atoms with E-state index < -0.39 is 11.6 Å². The van der Waals surface area contributed by atoms with E-state index in [1.807, 2.05) is 0 Å². The minimum absolute atomic E-state index is 0.0380. The van der Waals surface area contributed by atoms with Crippen LogP contribution in [-0.2, 0) is 0 Å². The van der Waals surface area contributed by atoms with Crippen LogP contribution in [0.1, 0.15) is 0 Å². The molecule has 0 bridgehead atoms. The van der Waals surface area contributed by atoms with Crippen LogP contribution in [0.3, 0.4) is 0 Å². The molecule has 0 spiro atoms. The number of halogens is 3. The van der Waals surface area contributed by atoms with E-state index in [9.17, 15) is 8.78 Å². The third-order valence-electron chi connectivity index (χ3n) is 2.88. The first-order chi connectivity index (χ1) is 9.56. The Hall–Kier alpha value is -2.27.